The van der Waals surface area contributed by atoms with Gasteiger partial charge >= 0.3 is 6.09 Å². The predicted molar refractivity (Wildman–Crippen MR) is 92.4 cm³/mol. The Hall–Kier alpha value is -0.770. The Bertz CT molecular complexity index is 420. The average Bonchev–Trinajstić information content (AvgIpc) is 2.99. The monoisotopic (exact) mass is 322 g/mol. The summed E-state index contributed by atoms with van der Waals surface area (Å²) in [5.74, 6) is 2.27. The van der Waals surface area contributed by atoms with E-state index in [1.54, 1.807) is 0 Å². The molecule has 1 aliphatic heterocycles. The summed E-state index contributed by atoms with van der Waals surface area (Å²) in [5, 5.41) is 3.91. The summed E-state index contributed by atoms with van der Waals surface area (Å²) in [7, 11) is 0. The summed E-state index contributed by atoms with van der Waals surface area (Å²) in [6, 6.07) is 1.36. The summed E-state index contributed by atoms with van der Waals surface area (Å²) >= 11 is 0. The Morgan fingerprint density at radius 1 is 1.13 bits per heavy atom. The van der Waals surface area contributed by atoms with Crippen molar-refractivity contribution in [3.8, 4) is 0 Å². The predicted octanol–water partition coefficient (Wildman–Crippen LogP) is 3.80. The molecule has 132 valence electrons. The van der Waals surface area contributed by atoms with Gasteiger partial charge in [0.2, 0.25) is 0 Å². The number of rotatable bonds is 3. The second-order valence-electron chi connectivity index (χ2n) is 8.88. The highest BCUT2D eigenvalue weighted by atomic mass is 16.6. The van der Waals surface area contributed by atoms with Gasteiger partial charge in [0, 0.05) is 25.2 Å². The van der Waals surface area contributed by atoms with E-state index in [0.29, 0.717) is 23.9 Å². The van der Waals surface area contributed by atoms with Crippen LogP contribution in [0, 0.1) is 17.8 Å². The second-order valence-corrected chi connectivity index (χ2v) is 8.88. The van der Waals surface area contributed by atoms with Gasteiger partial charge < -0.3 is 15.0 Å². The van der Waals surface area contributed by atoms with Gasteiger partial charge in [0.05, 0.1) is 0 Å². The molecule has 3 rings (SSSR count). The normalized spacial score (nSPS) is 37.2. The molecule has 23 heavy (non-hydrogen) atoms. The number of carbonyl (C=O) groups is 1. The Morgan fingerprint density at radius 2 is 1.83 bits per heavy atom. The van der Waals surface area contributed by atoms with Crippen molar-refractivity contribution in [1.82, 2.24) is 10.2 Å². The van der Waals surface area contributed by atoms with Gasteiger partial charge in [0.15, 0.2) is 0 Å². The molecule has 2 saturated carbocycles. The summed E-state index contributed by atoms with van der Waals surface area (Å²) in [6.07, 6.45) is 8.06. The van der Waals surface area contributed by atoms with Gasteiger partial charge in [0.25, 0.3) is 0 Å². The van der Waals surface area contributed by atoms with E-state index in [9.17, 15) is 4.79 Å². The molecule has 0 bridgehead atoms. The quantitative estimate of drug-likeness (QED) is 0.804. The number of amides is 1. The van der Waals surface area contributed by atoms with Crippen LogP contribution in [0.4, 0.5) is 4.79 Å². The number of hydrogen-bond acceptors (Lipinski definition) is 3. The van der Waals surface area contributed by atoms with E-state index in [1.807, 2.05) is 25.7 Å². The fourth-order valence-corrected chi connectivity index (χ4v) is 4.47. The molecule has 3 fully saturated rings. The molecule has 0 aromatic carbocycles. The molecule has 4 nitrogen and oxygen atoms in total. The third-order valence-corrected chi connectivity index (χ3v) is 5.94. The largest absolute Gasteiger partial charge is 0.444 e. The second kappa shape index (κ2) is 6.62. The van der Waals surface area contributed by atoms with Gasteiger partial charge in [-0.2, -0.15) is 0 Å². The van der Waals surface area contributed by atoms with E-state index < -0.39 is 5.60 Å². The zero-order valence-corrected chi connectivity index (χ0v) is 15.3. The van der Waals surface area contributed by atoms with Crippen molar-refractivity contribution in [3.05, 3.63) is 0 Å². The van der Waals surface area contributed by atoms with Crippen LogP contribution >= 0.6 is 0 Å². The summed E-state index contributed by atoms with van der Waals surface area (Å²) in [4.78, 5) is 14.0. The molecule has 1 heterocycles. The lowest BCUT2D eigenvalue weighted by atomic mass is 9.98. The van der Waals surface area contributed by atoms with Gasteiger partial charge in [-0.05, 0) is 57.8 Å². The SMILES string of the molecule is CCC1CCCC(NC2C3CN(C(=O)OC(C)(C)C)CC32)CC1. The molecule has 4 unspecified atom stereocenters. The van der Waals surface area contributed by atoms with E-state index in [-0.39, 0.29) is 6.09 Å². The number of nitrogens with one attached hydrogen (secondary N) is 1. The van der Waals surface area contributed by atoms with Crippen LogP contribution in [0.3, 0.4) is 0 Å². The molecule has 1 N–H and O–H groups in total. The lowest BCUT2D eigenvalue weighted by Crippen LogP contribution is -2.41. The van der Waals surface area contributed by atoms with E-state index in [4.69, 9.17) is 4.74 Å². The first-order valence-corrected chi connectivity index (χ1v) is 9.61. The molecular formula is C19H34N2O2. The maximum Gasteiger partial charge on any atom is 0.410 e. The van der Waals surface area contributed by atoms with Gasteiger partial charge in [-0.1, -0.05) is 26.2 Å². The van der Waals surface area contributed by atoms with E-state index in [0.717, 1.165) is 19.0 Å². The fourth-order valence-electron chi connectivity index (χ4n) is 4.47. The highest BCUT2D eigenvalue weighted by Crippen LogP contribution is 2.46. The molecule has 0 radical (unpaired) electrons. The maximum absolute atomic E-state index is 12.1. The topological polar surface area (TPSA) is 41.6 Å². The van der Waals surface area contributed by atoms with Crippen LogP contribution in [0.5, 0.6) is 0 Å². The Balaban J connectivity index is 1.41. The van der Waals surface area contributed by atoms with E-state index in [1.165, 1.54) is 38.5 Å². The molecule has 2 aliphatic carbocycles. The molecule has 1 saturated heterocycles. The van der Waals surface area contributed by atoms with Crippen molar-refractivity contribution in [2.24, 2.45) is 17.8 Å². The summed E-state index contributed by atoms with van der Waals surface area (Å²) < 4.78 is 5.48. The Labute approximate surface area is 141 Å². The van der Waals surface area contributed by atoms with Crippen molar-refractivity contribution < 1.29 is 9.53 Å². The number of carbonyl (C=O) groups excluding carboxylic acids is 1. The minimum atomic E-state index is -0.391. The number of likely N-dealkylation sites (tertiary alicyclic amines) is 1. The summed E-state index contributed by atoms with van der Waals surface area (Å²) in [6.45, 7) is 9.88. The minimum absolute atomic E-state index is 0.135. The van der Waals surface area contributed by atoms with Crippen molar-refractivity contribution >= 4 is 6.09 Å². The number of piperidine rings is 1. The van der Waals surface area contributed by atoms with Crippen molar-refractivity contribution in [2.45, 2.75) is 83.9 Å². The highest BCUT2D eigenvalue weighted by Gasteiger charge is 2.57. The first kappa shape index (κ1) is 17.1. The number of ether oxygens (including phenoxy) is 1. The smallest absolute Gasteiger partial charge is 0.410 e. The van der Waals surface area contributed by atoms with Crippen LogP contribution < -0.4 is 5.32 Å². The number of hydrogen-bond donors (Lipinski definition) is 1. The molecule has 0 aromatic heterocycles. The molecule has 0 aromatic rings. The van der Waals surface area contributed by atoms with Crippen LogP contribution in [0.25, 0.3) is 0 Å². The van der Waals surface area contributed by atoms with Crippen LogP contribution in [-0.4, -0.2) is 41.8 Å². The molecule has 4 atom stereocenters. The molecule has 4 heteroatoms. The van der Waals surface area contributed by atoms with E-state index in [2.05, 4.69) is 12.2 Å². The zero-order chi connectivity index (χ0) is 16.6. The summed E-state index contributed by atoms with van der Waals surface area (Å²) in [5.41, 5.74) is -0.391. The fraction of sp³-hybridized carbons (Fsp3) is 0.947. The standard InChI is InChI=1S/C19H34N2O2/c1-5-13-7-6-8-14(10-9-13)20-17-15-11-21(12-16(15)17)18(22)23-19(2,3)4/h13-17,20H,5-12H2,1-4H3. The van der Waals surface area contributed by atoms with E-state index >= 15 is 0 Å². The molecule has 3 aliphatic rings. The first-order chi connectivity index (χ1) is 10.9. The van der Waals surface area contributed by atoms with Gasteiger partial charge in [-0.3, -0.25) is 0 Å². The van der Waals surface area contributed by atoms with Crippen LogP contribution in [0.1, 0.15) is 66.2 Å². The van der Waals surface area contributed by atoms with Gasteiger partial charge in [-0.25, -0.2) is 4.79 Å². The number of fused-ring (bicyclic) bond motifs is 1. The Morgan fingerprint density at radius 3 is 2.43 bits per heavy atom. The maximum atomic E-state index is 12.1. The zero-order valence-electron chi connectivity index (χ0n) is 15.3. The molecule has 1 amide bonds. The van der Waals surface area contributed by atoms with Crippen molar-refractivity contribution in [1.29, 1.82) is 0 Å². The van der Waals surface area contributed by atoms with Crippen LogP contribution in [-0.2, 0) is 4.74 Å². The molecule has 0 spiro atoms. The van der Waals surface area contributed by atoms with Crippen LogP contribution in [0.2, 0.25) is 0 Å². The lowest BCUT2D eigenvalue weighted by Gasteiger charge is -2.26. The minimum Gasteiger partial charge on any atom is -0.444 e. The average molecular weight is 322 g/mol. The third-order valence-electron chi connectivity index (χ3n) is 5.94. The Kier molecular flexibility index (Phi) is 4.91. The first-order valence-electron chi connectivity index (χ1n) is 9.61. The lowest BCUT2D eigenvalue weighted by molar-refractivity contribution is 0.0268. The highest BCUT2D eigenvalue weighted by molar-refractivity contribution is 5.69. The third kappa shape index (κ3) is 4.20. The van der Waals surface area contributed by atoms with Gasteiger partial charge in [-0.15, -0.1) is 0 Å². The van der Waals surface area contributed by atoms with Crippen molar-refractivity contribution in [3.63, 3.8) is 0 Å². The molecular weight excluding hydrogens is 288 g/mol. The number of nitrogens with zero attached hydrogens (tertiary/aromatic N) is 1. The van der Waals surface area contributed by atoms with Crippen molar-refractivity contribution in [2.75, 3.05) is 13.1 Å². The van der Waals surface area contributed by atoms with Gasteiger partial charge in [0.1, 0.15) is 5.60 Å². The van der Waals surface area contributed by atoms with Crippen LogP contribution in [0.15, 0.2) is 0 Å².